The number of anilines is 1. The lowest BCUT2D eigenvalue weighted by Gasteiger charge is -2.32. The molecule has 0 amide bonds. The van der Waals surface area contributed by atoms with Gasteiger partial charge in [-0.05, 0) is 48.4 Å². The van der Waals surface area contributed by atoms with Crippen molar-refractivity contribution in [3.05, 3.63) is 71.4 Å². The second kappa shape index (κ2) is 7.99. The van der Waals surface area contributed by atoms with Gasteiger partial charge in [-0.1, -0.05) is 49.0 Å². The van der Waals surface area contributed by atoms with Crippen LogP contribution in [0.15, 0.2) is 71.0 Å². The van der Waals surface area contributed by atoms with Crippen LogP contribution in [0.25, 0.3) is 0 Å². The number of hydrogen-bond acceptors (Lipinski definition) is 6. The number of fused-ring (bicyclic) bond motifs is 1. The van der Waals surface area contributed by atoms with Gasteiger partial charge in [0.25, 0.3) is 0 Å². The quantitative estimate of drug-likeness (QED) is 0.574. The van der Waals surface area contributed by atoms with E-state index in [1.807, 2.05) is 59.3 Å². The minimum atomic E-state index is -0.304. The number of carbonyl (C=O) groups excluding carboxylic acids is 1. The highest BCUT2D eigenvalue weighted by atomic mass is 32.2. The summed E-state index contributed by atoms with van der Waals surface area (Å²) in [5.41, 5.74) is 2.73. The van der Waals surface area contributed by atoms with Crippen molar-refractivity contribution < 1.29 is 9.53 Å². The van der Waals surface area contributed by atoms with Crippen LogP contribution < -0.4 is 10.1 Å². The molecule has 1 aromatic heterocycles. The summed E-state index contributed by atoms with van der Waals surface area (Å²) in [4.78, 5) is 17.6. The fourth-order valence-electron chi connectivity index (χ4n) is 4.01. The molecule has 1 aliphatic carbocycles. The van der Waals surface area contributed by atoms with Gasteiger partial charge in [-0.3, -0.25) is 4.79 Å². The van der Waals surface area contributed by atoms with E-state index in [4.69, 9.17) is 9.84 Å². The molecule has 0 saturated carbocycles. The Labute approximate surface area is 179 Å². The van der Waals surface area contributed by atoms with Crippen molar-refractivity contribution in [2.24, 2.45) is 0 Å². The Morgan fingerprint density at radius 2 is 1.97 bits per heavy atom. The molecule has 7 heteroatoms. The van der Waals surface area contributed by atoms with Gasteiger partial charge < -0.3 is 10.1 Å². The highest BCUT2D eigenvalue weighted by Gasteiger charge is 2.36. The summed E-state index contributed by atoms with van der Waals surface area (Å²) in [7, 11) is 0. The normalized spacial score (nSPS) is 17.9. The zero-order chi connectivity index (χ0) is 20.5. The first-order valence-electron chi connectivity index (χ1n) is 10.2. The molecule has 0 spiro atoms. The van der Waals surface area contributed by atoms with E-state index in [2.05, 4.69) is 17.2 Å². The number of para-hydroxylation sites is 1. The summed E-state index contributed by atoms with van der Waals surface area (Å²) in [5.74, 6) is 3.26. The molecule has 6 nitrogen and oxygen atoms in total. The molecule has 1 aliphatic heterocycles. The molecule has 0 fully saturated rings. The van der Waals surface area contributed by atoms with Crippen LogP contribution in [0, 0.1) is 0 Å². The van der Waals surface area contributed by atoms with Crippen LogP contribution in [-0.2, 0) is 4.79 Å². The molecule has 2 aliphatic rings. The Morgan fingerprint density at radius 3 is 2.80 bits per heavy atom. The summed E-state index contributed by atoms with van der Waals surface area (Å²) in [6.45, 7) is 2.08. The molecule has 30 heavy (non-hydrogen) atoms. The van der Waals surface area contributed by atoms with Crippen LogP contribution >= 0.6 is 11.8 Å². The monoisotopic (exact) mass is 418 g/mol. The molecule has 5 rings (SSSR count). The van der Waals surface area contributed by atoms with Crippen LogP contribution in [0.5, 0.6) is 11.5 Å². The molecule has 1 unspecified atom stereocenters. The average molecular weight is 419 g/mol. The largest absolute Gasteiger partial charge is 0.457 e. The first-order chi connectivity index (χ1) is 14.7. The smallest absolute Gasteiger partial charge is 0.227 e. The topological polar surface area (TPSA) is 69.0 Å². The van der Waals surface area contributed by atoms with Gasteiger partial charge >= 0.3 is 0 Å². The van der Waals surface area contributed by atoms with Crippen molar-refractivity contribution in [3.8, 4) is 11.5 Å². The lowest BCUT2D eigenvalue weighted by Crippen LogP contribution is -2.31. The molecule has 1 atom stereocenters. The maximum Gasteiger partial charge on any atom is 0.227 e. The zero-order valence-corrected chi connectivity index (χ0v) is 17.5. The van der Waals surface area contributed by atoms with Gasteiger partial charge in [0.2, 0.25) is 11.1 Å². The third-order valence-corrected chi connectivity index (χ3v) is 5.99. The number of carbonyl (C=O) groups is 1. The van der Waals surface area contributed by atoms with Gasteiger partial charge in [0.05, 0.1) is 0 Å². The van der Waals surface area contributed by atoms with Crippen molar-refractivity contribution >= 4 is 23.5 Å². The Kier molecular flexibility index (Phi) is 5.04. The molecule has 0 bridgehead atoms. The van der Waals surface area contributed by atoms with E-state index in [0.717, 1.165) is 46.9 Å². The standard InChI is InChI=1S/C23H22N4O2S/c1-2-30-23-25-22-24-18-12-7-13-19(28)20(18)21(27(22)26-23)15-8-6-11-17(14-15)29-16-9-4-3-5-10-16/h3-6,8-11,14,21H,2,7,12-13H2,1H3,(H,24,25,26). The number of thioether (sulfide) groups is 1. The molecule has 152 valence electrons. The van der Waals surface area contributed by atoms with Crippen LogP contribution in [-0.4, -0.2) is 26.3 Å². The van der Waals surface area contributed by atoms with E-state index in [0.29, 0.717) is 17.5 Å². The fourth-order valence-corrected chi connectivity index (χ4v) is 4.56. The number of benzene rings is 2. The van der Waals surface area contributed by atoms with E-state index < -0.39 is 0 Å². The van der Waals surface area contributed by atoms with Crippen molar-refractivity contribution in [3.63, 3.8) is 0 Å². The number of rotatable bonds is 5. The van der Waals surface area contributed by atoms with Crippen molar-refractivity contribution in [2.75, 3.05) is 11.1 Å². The summed E-state index contributed by atoms with van der Waals surface area (Å²) < 4.78 is 7.89. The third kappa shape index (κ3) is 3.50. The highest BCUT2D eigenvalue weighted by Crippen LogP contribution is 2.41. The highest BCUT2D eigenvalue weighted by molar-refractivity contribution is 7.99. The van der Waals surface area contributed by atoms with Gasteiger partial charge in [-0.2, -0.15) is 4.98 Å². The zero-order valence-electron chi connectivity index (χ0n) is 16.7. The number of ketones is 1. The van der Waals surface area contributed by atoms with E-state index in [1.165, 1.54) is 0 Å². The maximum atomic E-state index is 12.9. The van der Waals surface area contributed by atoms with Gasteiger partial charge in [-0.25, -0.2) is 4.68 Å². The number of aromatic nitrogens is 3. The molecule has 0 radical (unpaired) electrons. The second-order valence-electron chi connectivity index (χ2n) is 7.28. The number of ether oxygens (including phenoxy) is 1. The minimum Gasteiger partial charge on any atom is -0.457 e. The Hall–Kier alpha value is -3.06. The average Bonchev–Trinajstić information content (AvgIpc) is 3.15. The van der Waals surface area contributed by atoms with E-state index in [-0.39, 0.29) is 11.8 Å². The predicted molar refractivity (Wildman–Crippen MR) is 117 cm³/mol. The van der Waals surface area contributed by atoms with Crippen molar-refractivity contribution in [1.82, 2.24) is 14.8 Å². The number of nitrogens with zero attached hydrogens (tertiary/aromatic N) is 3. The number of nitrogens with one attached hydrogen (secondary N) is 1. The van der Waals surface area contributed by atoms with E-state index >= 15 is 0 Å². The minimum absolute atomic E-state index is 0.175. The van der Waals surface area contributed by atoms with E-state index in [1.54, 1.807) is 11.8 Å². The molecule has 2 aromatic carbocycles. The van der Waals surface area contributed by atoms with Gasteiger partial charge in [0.1, 0.15) is 17.5 Å². The maximum absolute atomic E-state index is 12.9. The summed E-state index contributed by atoms with van der Waals surface area (Å²) in [6, 6.07) is 17.3. The summed E-state index contributed by atoms with van der Waals surface area (Å²) in [5, 5.41) is 8.80. The van der Waals surface area contributed by atoms with Gasteiger partial charge in [0.15, 0.2) is 5.78 Å². The van der Waals surface area contributed by atoms with Crippen LogP contribution in [0.3, 0.4) is 0 Å². The Morgan fingerprint density at radius 1 is 1.13 bits per heavy atom. The molecular weight excluding hydrogens is 396 g/mol. The first kappa shape index (κ1) is 18.9. The third-order valence-electron chi connectivity index (χ3n) is 5.27. The molecule has 1 N–H and O–H groups in total. The van der Waals surface area contributed by atoms with Crippen LogP contribution in [0.4, 0.5) is 5.95 Å². The predicted octanol–water partition coefficient (Wildman–Crippen LogP) is 5.20. The molecule has 0 saturated heterocycles. The Bertz CT molecular complexity index is 1120. The van der Waals surface area contributed by atoms with Crippen LogP contribution in [0.2, 0.25) is 0 Å². The van der Waals surface area contributed by atoms with E-state index in [9.17, 15) is 4.79 Å². The Balaban J connectivity index is 1.58. The lowest BCUT2D eigenvalue weighted by atomic mass is 9.85. The van der Waals surface area contributed by atoms with Crippen LogP contribution in [0.1, 0.15) is 37.8 Å². The number of Topliss-reactive ketones (excluding diaryl/α,β-unsaturated/α-hetero) is 1. The first-order valence-corrected chi connectivity index (χ1v) is 11.2. The summed E-state index contributed by atoms with van der Waals surface area (Å²) >= 11 is 1.59. The van der Waals surface area contributed by atoms with Crippen molar-refractivity contribution in [1.29, 1.82) is 0 Å². The van der Waals surface area contributed by atoms with Gasteiger partial charge in [0, 0.05) is 17.7 Å². The molecule has 2 heterocycles. The van der Waals surface area contributed by atoms with Crippen molar-refractivity contribution in [2.45, 2.75) is 37.4 Å². The second-order valence-corrected chi connectivity index (χ2v) is 8.51. The number of hydrogen-bond donors (Lipinski definition) is 1. The lowest BCUT2D eigenvalue weighted by molar-refractivity contribution is -0.116. The SMILES string of the molecule is CCSc1nc2n(n1)C(c1cccc(Oc3ccccc3)c1)C1=C(CCCC1=O)N2. The fraction of sp³-hybridized carbons (Fsp3) is 0.261. The van der Waals surface area contributed by atoms with Gasteiger partial charge in [-0.15, -0.1) is 5.10 Å². The summed E-state index contributed by atoms with van der Waals surface area (Å²) in [6.07, 6.45) is 2.28. The number of allylic oxidation sites excluding steroid dienone is 2. The molecular formula is C23H22N4O2S. The molecule has 3 aromatic rings.